The van der Waals surface area contributed by atoms with E-state index in [4.69, 9.17) is 0 Å². The Morgan fingerprint density at radius 2 is 2.24 bits per heavy atom. The lowest BCUT2D eigenvalue weighted by Crippen LogP contribution is -2.41. The molecule has 6 heteroatoms. The minimum atomic E-state index is 0.697. The number of hydrogen-bond acceptors (Lipinski definition) is 5. The number of rotatable bonds is 4. The SMILES string of the molecule is Cc1cc(N2CCCC(CNC3CC3)C2)n2ncnc2n1. The van der Waals surface area contributed by atoms with Crippen LogP contribution in [-0.4, -0.2) is 45.3 Å². The molecule has 1 atom stereocenters. The number of nitrogens with zero attached hydrogens (tertiary/aromatic N) is 5. The van der Waals surface area contributed by atoms with Crippen LogP contribution in [0.5, 0.6) is 0 Å². The summed E-state index contributed by atoms with van der Waals surface area (Å²) in [5, 5.41) is 8.00. The topological polar surface area (TPSA) is 58.4 Å². The van der Waals surface area contributed by atoms with E-state index in [-0.39, 0.29) is 0 Å². The molecule has 4 rings (SSSR count). The molecule has 0 aromatic carbocycles. The molecule has 0 spiro atoms. The number of aryl methyl sites for hydroxylation is 1. The molecule has 0 radical (unpaired) electrons. The first-order valence-corrected chi connectivity index (χ1v) is 7.95. The highest BCUT2D eigenvalue weighted by Gasteiger charge is 2.26. The van der Waals surface area contributed by atoms with E-state index in [1.807, 2.05) is 11.4 Å². The second-order valence-corrected chi connectivity index (χ2v) is 6.36. The van der Waals surface area contributed by atoms with Gasteiger partial charge >= 0.3 is 0 Å². The van der Waals surface area contributed by atoms with E-state index < -0.39 is 0 Å². The molecule has 1 N–H and O–H groups in total. The van der Waals surface area contributed by atoms with Gasteiger partial charge in [-0.25, -0.2) is 4.98 Å². The minimum Gasteiger partial charge on any atom is -0.356 e. The summed E-state index contributed by atoms with van der Waals surface area (Å²) < 4.78 is 1.86. The van der Waals surface area contributed by atoms with Gasteiger partial charge in [0.25, 0.3) is 5.78 Å². The summed E-state index contributed by atoms with van der Waals surface area (Å²) in [6.07, 6.45) is 6.87. The van der Waals surface area contributed by atoms with Crippen molar-refractivity contribution >= 4 is 11.6 Å². The summed E-state index contributed by atoms with van der Waals surface area (Å²) >= 11 is 0. The standard InChI is InChI=1S/C15H22N6/c1-11-7-14(21-15(19-11)17-10-18-21)20-6-2-3-12(9-20)8-16-13-4-5-13/h7,10,12-13,16H,2-6,8-9H2,1H3. The molecule has 3 heterocycles. The van der Waals surface area contributed by atoms with Crippen molar-refractivity contribution < 1.29 is 0 Å². The highest BCUT2D eigenvalue weighted by atomic mass is 15.4. The molecule has 1 aliphatic carbocycles. The van der Waals surface area contributed by atoms with Gasteiger partial charge in [0, 0.05) is 30.9 Å². The number of aromatic nitrogens is 4. The normalized spacial score (nSPS) is 22.9. The van der Waals surface area contributed by atoms with E-state index in [0.717, 1.165) is 43.1 Å². The number of anilines is 1. The van der Waals surface area contributed by atoms with E-state index >= 15 is 0 Å². The maximum Gasteiger partial charge on any atom is 0.254 e. The van der Waals surface area contributed by atoms with Crippen molar-refractivity contribution in [1.29, 1.82) is 0 Å². The van der Waals surface area contributed by atoms with Crippen LogP contribution in [0.15, 0.2) is 12.4 Å². The van der Waals surface area contributed by atoms with Gasteiger partial charge in [0.05, 0.1) is 0 Å². The molecular weight excluding hydrogens is 264 g/mol. The first-order chi connectivity index (χ1) is 10.3. The zero-order valence-electron chi connectivity index (χ0n) is 12.5. The van der Waals surface area contributed by atoms with Gasteiger partial charge in [-0.1, -0.05) is 0 Å². The van der Waals surface area contributed by atoms with E-state index in [1.54, 1.807) is 6.33 Å². The highest BCUT2D eigenvalue weighted by Crippen LogP contribution is 2.25. The molecule has 1 saturated heterocycles. The predicted molar refractivity (Wildman–Crippen MR) is 81.5 cm³/mol. The first-order valence-electron chi connectivity index (χ1n) is 7.95. The summed E-state index contributed by atoms with van der Waals surface area (Å²) in [6, 6.07) is 2.92. The van der Waals surface area contributed by atoms with Crippen LogP contribution in [0, 0.1) is 12.8 Å². The third-order valence-electron chi connectivity index (χ3n) is 4.48. The van der Waals surface area contributed by atoms with Crippen LogP contribution in [0.3, 0.4) is 0 Å². The van der Waals surface area contributed by atoms with Gasteiger partial charge in [0.15, 0.2) is 0 Å². The summed E-state index contributed by atoms with van der Waals surface area (Å²) in [5.74, 6) is 2.56. The van der Waals surface area contributed by atoms with Gasteiger partial charge < -0.3 is 10.2 Å². The first kappa shape index (κ1) is 13.0. The lowest BCUT2D eigenvalue weighted by molar-refractivity contribution is 0.388. The molecule has 2 aliphatic rings. The van der Waals surface area contributed by atoms with Gasteiger partial charge in [-0.2, -0.15) is 14.6 Å². The van der Waals surface area contributed by atoms with E-state index in [0.29, 0.717) is 5.78 Å². The average molecular weight is 286 g/mol. The smallest absolute Gasteiger partial charge is 0.254 e. The molecule has 0 amide bonds. The Hall–Kier alpha value is -1.69. The molecule has 21 heavy (non-hydrogen) atoms. The lowest BCUT2D eigenvalue weighted by Gasteiger charge is -2.34. The van der Waals surface area contributed by atoms with Crippen LogP contribution in [0.25, 0.3) is 5.78 Å². The monoisotopic (exact) mass is 286 g/mol. The average Bonchev–Trinajstić information content (AvgIpc) is 3.21. The molecular formula is C15H22N6. The minimum absolute atomic E-state index is 0.697. The predicted octanol–water partition coefficient (Wildman–Crippen LogP) is 1.40. The van der Waals surface area contributed by atoms with Crippen LogP contribution >= 0.6 is 0 Å². The summed E-state index contributed by atoms with van der Waals surface area (Å²) in [4.78, 5) is 11.1. The Labute approximate surface area is 124 Å². The molecule has 1 saturated carbocycles. The van der Waals surface area contributed by atoms with Crippen molar-refractivity contribution in [2.75, 3.05) is 24.5 Å². The van der Waals surface area contributed by atoms with Crippen LogP contribution in [-0.2, 0) is 0 Å². The van der Waals surface area contributed by atoms with Crippen molar-refractivity contribution in [2.24, 2.45) is 5.92 Å². The number of fused-ring (bicyclic) bond motifs is 1. The Kier molecular flexibility index (Phi) is 3.25. The Morgan fingerprint density at radius 3 is 3.10 bits per heavy atom. The van der Waals surface area contributed by atoms with E-state index in [2.05, 4.69) is 31.3 Å². The fourth-order valence-electron chi connectivity index (χ4n) is 3.20. The van der Waals surface area contributed by atoms with Crippen LogP contribution in [0.1, 0.15) is 31.4 Å². The van der Waals surface area contributed by atoms with Crippen LogP contribution in [0.4, 0.5) is 5.82 Å². The zero-order chi connectivity index (χ0) is 14.2. The van der Waals surface area contributed by atoms with E-state index in [9.17, 15) is 0 Å². The largest absolute Gasteiger partial charge is 0.356 e. The van der Waals surface area contributed by atoms with Crippen molar-refractivity contribution in [3.05, 3.63) is 18.1 Å². The molecule has 1 unspecified atom stereocenters. The van der Waals surface area contributed by atoms with Gasteiger partial charge in [-0.3, -0.25) is 0 Å². The summed E-state index contributed by atoms with van der Waals surface area (Å²) in [7, 11) is 0. The second kappa shape index (κ2) is 5.26. The fourth-order valence-corrected chi connectivity index (χ4v) is 3.20. The third-order valence-corrected chi connectivity index (χ3v) is 4.48. The second-order valence-electron chi connectivity index (χ2n) is 6.36. The summed E-state index contributed by atoms with van der Waals surface area (Å²) in [6.45, 7) is 5.36. The van der Waals surface area contributed by atoms with Crippen molar-refractivity contribution in [3.8, 4) is 0 Å². The van der Waals surface area contributed by atoms with Crippen LogP contribution < -0.4 is 10.2 Å². The highest BCUT2D eigenvalue weighted by molar-refractivity contribution is 5.47. The Morgan fingerprint density at radius 1 is 1.33 bits per heavy atom. The molecule has 0 bridgehead atoms. The number of piperidine rings is 1. The Balaban J connectivity index is 1.54. The quantitative estimate of drug-likeness (QED) is 0.920. The van der Waals surface area contributed by atoms with Gasteiger partial charge in [-0.05, 0) is 45.1 Å². The number of hydrogen-bond donors (Lipinski definition) is 1. The zero-order valence-corrected chi connectivity index (χ0v) is 12.5. The van der Waals surface area contributed by atoms with Crippen molar-refractivity contribution in [1.82, 2.24) is 24.9 Å². The molecule has 1 aliphatic heterocycles. The lowest BCUT2D eigenvalue weighted by atomic mass is 9.98. The number of nitrogens with one attached hydrogen (secondary N) is 1. The van der Waals surface area contributed by atoms with Crippen molar-refractivity contribution in [2.45, 2.75) is 38.6 Å². The summed E-state index contributed by atoms with van der Waals surface area (Å²) in [5.41, 5.74) is 1.00. The molecule has 6 nitrogen and oxygen atoms in total. The maximum atomic E-state index is 4.43. The van der Waals surface area contributed by atoms with Gasteiger partial charge in [-0.15, -0.1) is 0 Å². The molecule has 2 fully saturated rings. The van der Waals surface area contributed by atoms with E-state index in [1.165, 1.54) is 25.7 Å². The maximum absolute atomic E-state index is 4.43. The Bertz CT molecular complexity index is 632. The molecule has 112 valence electrons. The molecule has 2 aromatic heterocycles. The fraction of sp³-hybridized carbons (Fsp3) is 0.667. The van der Waals surface area contributed by atoms with Gasteiger partial charge in [0.1, 0.15) is 12.1 Å². The van der Waals surface area contributed by atoms with Crippen LogP contribution in [0.2, 0.25) is 0 Å². The molecule has 2 aromatic rings. The van der Waals surface area contributed by atoms with Crippen molar-refractivity contribution in [3.63, 3.8) is 0 Å². The third kappa shape index (κ3) is 2.72. The van der Waals surface area contributed by atoms with Gasteiger partial charge in [0.2, 0.25) is 0 Å².